The average molecular weight is 480 g/mol. The highest BCUT2D eigenvalue weighted by molar-refractivity contribution is 7.89. The molecule has 0 aliphatic rings. The molecule has 33 heavy (non-hydrogen) atoms. The molecule has 186 valence electrons. The van der Waals surface area contributed by atoms with E-state index in [1.807, 2.05) is 0 Å². The molecule has 0 bridgehead atoms. The Morgan fingerprint density at radius 2 is 1.55 bits per heavy atom. The molecule has 0 heterocycles. The summed E-state index contributed by atoms with van der Waals surface area (Å²) >= 11 is 0. The fourth-order valence-electron chi connectivity index (χ4n) is 3.07. The van der Waals surface area contributed by atoms with Crippen molar-refractivity contribution in [2.45, 2.75) is 62.7 Å². The van der Waals surface area contributed by atoms with Crippen LogP contribution in [0.25, 0.3) is 0 Å². The lowest BCUT2D eigenvalue weighted by atomic mass is 10.1. The zero-order valence-electron chi connectivity index (χ0n) is 20.0. The highest BCUT2D eigenvalue weighted by atomic mass is 32.2. The molecule has 0 fully saturated rings. The lowest BCUT2D eigenvalue weighted by Gasteiger charge is -2.07. The molecule has 1 aromatic rings. The fourth-order valence-corrected chi connectivity index (χ4v) is 4.11. The van der Waals surface area contributed by atoms with Crippen molar-refractivity contribution in [1.82, 2.24) is 15.4 Å². The maximum Gasteiger partial charge on any atom is 0.266 e. The number of benzene rings is 1. The minimum atomic E-state index is -3.44. The third-order valence-corrected chi connectivity index (χ3v) is 6.55. The second kappa shape index (κ2) is 18.3. The molecule has 0 aliphatic carbocycles. The summed E-state index contributed by atoms with van der Waals surface area (Å²) in [7, 11) is -1.76. The molecule has 0 radical (unpaired) electrons. The van der Waals surface area contributed by atoms with Crippen LogP contribution in [0.1, 0.15) is 57.8 Å². The number of nitrogens with one attached hydrogen (secondary N) is 3. The van der Waals surface area contributed by atoms with Crippen LogP contribution in [0, 0.1) is 0 Å². The number of hydrogen-bond acceptors (Lipinski definition) is 5. The molecular weight excluding hydrogens is 438 g/mol. The summed E-state index contributed by atoms with van der Waals surface area (Å²) in [4.78, 5) is 11.8. The minimum Gasteiger partial charge on any atom is -0.384 e. The second-order valence-corrected chi connectivity index (χ2v) is 9.60. The number of hydrogen-bond donors (Lipinski definition) is 3. The van der Waals surface area contributed by atoms with Crippen LogP contribution in [-0.4, -0.2) is 47.7 Å². The first-order chi connectivity index (χ1) is 16.0. The summed E-state index contributed by atoms with van der Waals surface area (Å²) in [6.07, 6.45) is 14.4. The number of likely N-dealkylation sites (N-methyl/N-ethyl adjacent to an activating group) is 1. The van der Waals surface area contributed by atoms with Crippen LogP contribution >= 0.6 is 0 Å². The van der Waals surface area contributed by atoms with Crippen molar-refractivity contribution < 1.29 is 17.9 Å². The minimum absolute atomic E-state index is 0.133. The van der Waals surface area contributed by atoms with E-state index in [-0.39, 0.29) is 17.3 Å². The molecule has 8 heteroatoms. The van der Waals surface area contributed by atoms with E-state index in [1.54, 1.807) is 37.4 Å². The van der Waals surface area contributed by atoms with Gasteiger partial charge < -0.3 is 15.4 Å². The Labute approximate surface area is 200 Å². The van der Waals surface area contributed by atoms with Gasteiger partial charge in [0.05, 0.1) is 17.2 Å². The van der Waals surface area contributed by atoms with Gasteiger partial charge in [0, 0.05) is 26.7 Å². The van der Waals surface area contributed by atoms with Crippen LogP contribution in [0.3, 0.4) is 0 Å². The van der Waals surface area contributed by atoms with Gasteiger partial charge >= 0.3 is 0 Å². The molecule has 0 aliphatic heterocycles. The smallest absolute Gasteiger partial charge is 0.266 e. The third kappa shape index (κ3) is 14.6. The molecular formula is C25H41N3O4S. The molecule has 1 amide bonds. The Kier molecular flexibility index (Phi) is 16.0. The first-order valence-corrected chi connectivity index (χ1v) is 13.4. The van der Waals surface area contributed by atoms with E-state index in [9.17, 15) is 13.2 Å². The van der Waals surface area contributed by atoms with Gasteiger partial charge in [0.15, 0.2) is 0 Å². The molecule has 0 saturated carbocycles. The Morgan fingerprint density at radius 1 is 0.909 bits per heavy atom. The van der Waals surface area contributed by atoms with Crippen molar-refractivity contribution in [3.63, 3.8) is 0 Å². The summed E-state index contributed by atoms with van der Waals surface area (Å²) in [6, 6.07) is 8.36. The molecule has 0 unspecified atom stereocenters. The van der Waals surface area contributed by atoms with Crippen molar-refractivity contribution in [2.24, 2.45) is 0 Å². The Hall–Kier alpha value is -2.16. The van der Waals surface area contributed by atoms with Crippen LogP contribution < -0.4 is 15.4 Å². The van der Waals surface area contributed by atoms with E-state index < -0.39 is 10.0 Å². The first kappa shape index (κ1) is 28.9. The van der Waals surface area contributed by atoms with E-state index in [0.29, 0.717) is 25.5 Å². The zero-order valence-corrected chi connectivity index (χ0v) is 20.8. The summed E-state index contributed by atoms with van der Waals surface area (Å²) in [5.41, 5.74) is 0.395. The lowest BCUT2D eigenvalue weighted by molar-refractivity contribution is -0.117. The summed E-state index contributed by atoms with van der Waals surface area (Å²) < 4.78 is 32.2. The molecule has 7 nitrogen and oxygen atoms in total. The van der Waals surface area contributed by atoms with E-state index in [4.69, 9.17) is 4.74 Å². The van der Waals surface area contributed by atoms with Crippen molar-refractivity contribution >= 4 is 15.9 Å². The first-order valence-electron chi connectivity index (χ1n) is 11.9. The molecule has 0 atom stereocenters. The van der Waals surface area contributed by atoms with Gasteiger partial charge in [-0.25, -0.2) is 13.1 Å². The van der Waals surface area contributed by atoms with Crippen LogP contribution in [0.2, 0.25) is 0 Å². The molecule has 0 aromatic heterocycles. The zero-order chi connectivity index (χ0) is 24.2. The van der Waals surface area contributed by atoms with Gasteiger partial charge in [0.1, 0.15) is 0 Å². The number of sulfonamides is 1. The summed E-state index contributed by atoms with van der Waals surface area (Å²) in [5, 5.41) is 5.57. The van der Waals surface area contributed by atoms with Gasteiger partial charge in [-0.1, -0.05) is 56.2 Å². The topological polar surface area (TPSA) is 96.5 Å². The van der Waals surface area contributed by atoms with E-state index in [1.165, 1.54) is 19.3 Å². The highest BCUT2D eigenvalue weighted by Crippen LogP contribution is 2.08. The van der Waals surface area contributed by atoms with Crippen molar-refractivity contribution in [3.05, 3.63) is 54.8 Å². The lowest BCUT2D eigenvalue weighted by Crippen LogP contribution is -2.30. The van der Waals surface area contributed by atoms with E-state index in [0.717, 1.165) is 38.5 Å². The Morgan fingerprint density at radius 3 is 2.24 bits per heavy atom. The number of rotatable bonds is 20. The quantitative estimate of drug-likeness (QED) is 0.150. The van der Waals surface area contributed by atoms with Crippen LogP contribution in [0.15, 0.2) is 59.7 Å². The number of ether oxygens (including phenoxy) is 1. The van der Waals surface area contributed by atoms with Gasteiger partial charge in [0.2, 0.25) is 10.0 Å². The molecule has 3 N–H and O–H groups in total. The van der Waals surface area contributed by atoms with Crippen LogP contribution in [0.4, 0.5) is 0 Å². The average Bonchev–Trinajstić information content (AvgIpc) is 2.83. The van der Waals surface area contributed by atoms with Gasteiger partial charge in [-0.15, -0.1) is 0 Å². The number of allylic oxidation sites excluding steroid dienone is 2. The predicted octanol–water partition coefficient (Wildman–Crippen LogP) is 3.90. The Bertz CT molecular complexity index is 795. The van der Waals surface area contributed by atoms with Crippen molar-refractivity contribution in [2.75, 3.05) is 33.4 Å². The second-order valence-electron chi connectivity index (χ2n) is 7.83. The standard InChI is InChI=1S/C25H41N3O4S/c1-23(26-2)25(29)27-19-15-10-8-6-4-3-5-7-9-11-16-21-32-22-20-28-33(30,31)24-17-13-12-14-18-24/h4,6,12-14,17-18,26,28H,1,3,5,7-11,15-16,19-22H2,2H3,(H,27,29)/b6-4-. The summed E-state index contributed by atoms with van der Waals surface area (Å²) in [6.45, 7) is 5.63. The largest absolute Gasteiger partial charge is 0.384 e. The highest BCUT2D eigenvalue weighted by Gasteiger charge is 2.11. The molecule has 0 spiro atoms. The number of unbranched alkanes of at least 4 members (excludes halogenated alkanes) is 7. The van der Waals surface area contributed by atoms with E-state index >= 15 is 0 Å². The summed E-state index contributed by atoms with van der Waals surface area (Å²) in [5.74, 6) is -0.133. The number of carbonyl (C=O) groups excluding carboxylic acids is 1. The monoisotopic (exact) mass is 479 g/mol. The van der Waals surface area contributed by atoms with Gasteiger partial charge in [-0.05, 0) is 50.7 Å². The van der Waals surface area contributed by atoms with Crippen LogP contribution in [0.5, 0.6) is 0 Å². The van der Waals surface area contributed by atoms with Crippen LogP contribution in [-0.2, 0) is 19.6 Å². The Balaban J connectivity index is 1.85. The van der Waals surface area contributed by atoms with Crippen molar-refractivity contribution in [1.29, 1.82) is 0 Å². The maximum absolute atomic E-state index is 12.1. The SMILES string of the molecule is C=C(NC)C(=O)NCCCC/C=C\CCCCCCCOCCNS(=O)(=O)c1ccccc1. The number of amides is 1. The fraction of sp³-hybridized carbons (Fsp3) is 0.560. The number of carbonyl (C=O) groups is 1. The molecule has 1 aromatic carbocycles. The molecule has 0 saturated heterocycles. The van der Waals surface area contributed by atoms with Gasteiger partial charge in [-0.2, -0.15) is 0 Å². The normalized spacial score (nSPS) is 11.5. The maximum atomic E-state index is 12.1. The van der Waals surface area contributed by atoms with E-state index in [2.05, 4.69) is 34.1 Å². The third-order valence-electron chi connectivity index (χ3n) is 5.08. The van der Waals surface area contributed by atoms with Crippen molar-refractivity contribution in [3.8, 4) is 0 Å². The van der Waals surface area contributed by atoms with Gasteiger partial charge in [-0.3, -0.25) is 4.79 Å². The molecule has 1 rings (SSSR count). The predicted molar refractivity (Wildman–Crippen MR) is 134 cm³/mol. The van der Waals surface area contributed by atoms with Gasteiger partial charge in [0.25, 0.3) is 5.91 Å².